The zero-order chi connectivity index (χ0) is 13.2. The second kappa shape index (κ2) is 5.07. The quantitative estimate of drug-likeness (QED) is 0.811. The molecular weight excluding hydrogens is 256 g/mol. The molecule has 1 aromatic heterocycles. The summed E-state index contributed by atoms with van der Waals surface area (Å²) < 4.78 is 28.0. The van der Waals surface area contributed by atoms with Gasteiger partial charge in [-0.2, -0.15) is 0 Å². The molecule has 18 heavy (non-hydrogen) atoms. The van der Waals surface area contributed by atoms with E-state index in [2.05, 4.69) is 9.97 Å². The van der Waals surface area contributed by atoms with Crippen molar-refractivity contribution in [1.82, 2.24) is 9.97 Å². The molecule has 1 aliphatic heterocycles. The summed E-state index contributed by atoms with van der Waals surface area (Å²) in [6.07, 6.45) is 3.60. The van der Waals surface area contributed by atoms with Crippen LogP contribution in [0, 0.1) is 0 Å². The van der Waals surface area contributed by atoms with E-state index in [9.17, 15) is 8.42 Å². The molecule has 1 atom stereocenters. The maximum absolute atomic E-state index is 11.3. The Balaban J connectivity index is 2.19. The molecule has 2 heterocycles. The SMILES string of the molecule is CCOc1nccnc1N1CCC(S(N)(=O)=O)C1. The molecule has 0 spiro atoms. The summed E-state index contributed by atoms with van der Waals surface area (Å²) in [5.41, 5.74) is 0. The number of nitrogens with zero attached hydrogens (tertiary/aromatic N) is 3. The van der Waals surface area contributed by atoms with Gasteiger partial charge < -0.3 is 9.64 Å². The maximum atomic E-state index is 11.3. The first-order valence-corrected chi connectivity index (χ1v) is 7.33. The highest BCUT2D eigenvalue weighted by molar-refractivity contribution is 7.89. The topological polar surface area (TPSA) is 98.4 Å². The molecule has 0 aromatic carbocycles. The van der Waals surface area contributed by atoms with E-state index in [0.717, 1.165) is 0 Å². The molecule has 8 heteroatoms. The number of primary sulfonamides is 1. The van der Waals surface area contributed by atoms with E-state index in [4.69, 9.17) is 9.88 Å². The average Bonchev–Trinajstić information content (AvgIpc) is 2.79. The molecule has 7 nitrogen and oxygen atoms in total. The Labute approximate surface area is 106 Å². The Morgan fingerprint density at radius 2 is 2.22 bits per heavy atom. The Morgan fingerprint density at radius 3 is 2.83 bits per heavy atom. The summed E-state index contributed by atoms with van der Waals surface area (Å²) in [5, 5.41) is 4.61. The van der Waals surface area contributed by atoms with Crippen molar-refractivity contribution >= 4 is 15.8 Å². The van der Waals surface area contributed by atoms with Gasteiger partial charge in [0.05, 0.1) is 11.9 Å². The highest BCUT2D eigenvalue weighted by Gasteiger charge is 2.32. The molecule has 0 bridgehead atoms. The molecule has 1 aliphatic rings. The molecule has 0 amide bonds. The van der Waals surface area contributed by atoms with Gasteiger partial charge in [-0.25, -0.2) is 23.5 Å². The zero-order valence-corrected chi connectivity index (χ0v) is 10.9. The molecular formula is C10H16N4O3S. The molecule has 1 fully saturated rings. The molecule has 0 aliphatic carbocycles. The fourth-order valence-electron chi connectivity index (χ4n) is 1.96. The minimum atomic E-state index is -3.50. The average molecular weight is 272 g/mol. The highest BCUT2D eigenvalue weighted by atomic mass is 32.2. The summed E-state index contributed by atoms with van der Waals surface area (Å²) >= 11 is 0. The van der Waals surface area contributed by atoms with E-state index in [1.54, 1.807) is 12.4 Å². The predicted molar refractivity (Wildman–Crippen MR) is 66.9 cm³/mol. The lowest BCUT2D eigenvalue weighted by Crippen LogP contribution is -2.32. The number of ether oxygens (including phenoxy) is 1. The van der Waals surface area contributed by atoms with Crippen molar-refractivity contribution in [2.75, 3.05) is 24.6 Å². The van der Waals surface area contributed by atoms with Crippen molar-refractivity contribution in [3.05, 3.63) is 12.4 Å². The Morgan fingerprint density at radius 1 is 1.50 bits per heavy atom. The Hall–Kier alpha value is -1.41. The number of aromatic nitrogens is 2. The van der Waals surface area contributed by atoms with Gasteiger partial charge in [-0.15, -0.1) is 0 Å². The van der Waals surface area contributed by atoms with Crippen LogP contribution in [0.3, 0.4) is 0 Å². The fourth-order valence-corrected chi connectivity index (χ4v) is 2.78. The number of nitrogens with two attached hydrogens (primary N) is 1. The number of hydrogen-bond donors (Lipinski definition) is 1. The van der Waals surface area contributed by atoms with Crippen molar-refractivity contribution in [3.63, 3.8) is 0 Å². The number of anilines is 1. The van der Waals surface area contributed by atoms with Crippen molar-refractivity contribution in [1.29, 1.82) is 0 Å². The van der Waals surface area contributed by atoms with Crippen molar-refractivity contribution < 1.29 is 13.2 Å². The summed E-state index contributed by atoms with van der Waals surface area (Å²) in [6.45, 7) is 3.26. The van der Waals surface area contributed by atoms with E-state index in [-0.39, 0.29) is 0 Å². The van der Waals surface area contributed by atoms with Crippen molar-refractivity contribution in [2.45, 2.75) is 18.6 Å². The number of hydrogen-bond acceptors (Lipinski definition) is 6. The minimum absolute atomic E-state index is 0.331. The zero-order valence-electron chi connectivity index (χ0n) is 10.1. The van der Waals surface area contributed by atoms with Gasteiger partial charge in [0, 0.05) is 25.5 Å². The largest absolute Gasteiger partial charge is 0.475 e. The van der Waals surface area contributed by atoms with Crippen LogP contribution in [0.2, 0.25) is 0 Å². The smallest absolute Gasteiger partial charge is 0.257 e. The predicted octanol–water partition coefficient (Wildman–Crippen LogP) is -0.257. The van der Waals surface area contributed by atoms with Gasteiger partial charge in [0.1, 0.15) is 0 Å². The maximum Gasteiger partial charge on any atom is 0.257 e. The van der Waals surface area contributed by atoms with Crippen LogP contribution in [0.1, 0.15) is 13.3 Å². The molecule has 1 unspecified atom stereocenters. The van der Waals surface area contributed by atoms with Gasteiger partial charge in [0.2, 0.25) is 10.0 Å². The third-order valence-electron chi connectivity index (χ3n) is 2.84. The molecule has 1 saturated heterocycles. The molecule has 100 valence electrons. The van der Waals surface area contributed by atoms with Crippen LogP contribution in [0.15, 0.2) is 12.4 Å². The number of sulfonamides is 1. The first kappa shape index (κ1) is 13.0. The highest BCUT2D eigenvalue weighted by Crippen LogP contribution is 2.27. The van der Waals surface area contributed by atoms with Gasteiger partial charge in [-0.3, -0.25) is 0 Å². The van der Waals surface area contributed by atoms with Gasteiger partial charge in [-0.1, -0.05) is 0 Å². The normalized spacial score (nSPS) is 20.1. The molecule has 2 N–H and O–H groups in total. The standard InChI is InChI=1S/C10H16N4O3S/c1-2-17-10-9(12-4-5-13-10)14-6-3-8(7-14)18(11,15)16/h4-5,8H,2-3,6-7H2,1H3,(H2,11,15,16). The monoisotopic (exact) mass is 272 g/mol. The van der Waals surface area contributed by atoms with Crippen LogP contribution in [0.4, 0.5) is 5.82 Å². The van der Waals surface area contributed by atoms with Gasteiger partial charge in [-0.05, 0) is 13.3 Å². The first-order valence-electron chi connectivity index (χ1n) is 5.72. The first-order chi connectivity index (χ1) is 8.52. The third-order valence-corrected chi connectivity index (χ3v) is 4.15. The van der Waals surface area contributed by atoms with Crippen LogP contribution in [0.5, 0.6) is 5.88 Å². The fraction of sp³-hybridized carbons (Fsp3) is 0.600. The van der Waals surface area contributed by atoms with Crippen LogP contribution in [-0.2, 0) is 10.0 Å². The Kier molecular flexibility index (Phi) is 3.67. The second-order valence-electron chi connectivity index (χ2n) is 4.06. The lowest BCUT2D eigenvalue weighted by molar-refractivity contribution is 0.326. The van der Waals surface area contributed by atoms with Crippen LogP contribution >= 0.6 is 0 Å². The molecule has 2 rings (SSSR count). The van der Waals surface area contributed by atoms with E-state index in [1.807, 2.05) is 11.8 Å². The van der Waals surface area contributed by atoms with E-state index in [0.29, 0.717) is 37.8 Å². The molecule has 0 saturated carbocycles. The lowest BCUT2D eigenvalue weighted by Gasteiger charge is -2.18. The van der Waals surface area contributed by atoms with Crippen LogP contribution < -0.4 is 14.8 Å². The van der Waals surface area contributed by atoms with Gasteiger partial charge >= 0.3 is 0 Å². The van der Waals surface area contributed by atoms with E-state index in [1.165, 1.54) is 0 Å². The summed E-state index contributed by atoms with van der Waals surface area (Å²) in [5.74, 6) is 1.00. The summed E-state index contributed by atoms with van der Waals surface area (Å²) in [4.78, 5) is 10.1. The third kappa shape index (κ3) is 2.70. The van der Waals surface area contributed by atoms with Crippen LogP contribution in [0.25, 0.3) is 0 Å². The minimum Gasteiger partial charge on any atom is -0.475 e. The Bertz CT molecular complexity index is 520. The summed E-state index contributed by atoms with van der Waals surface area (Å²) in [6, 6.07) is 0. The molecule has 0 radical (unpaired) electrons. The van der Waals surface area contributed by atoms with E-state index < -0.39 is 15.3 Å². The second-order valence-corrected chi connectivity index (χ2v) is 5.91. The van der Waals surface area contributed by atoms with Crippen LogP contribution in [-0.4, -0.2) is 43.3 Å². The van der Waals surface area contributed by atoms with Crippen molar-refractivity contribution in [3.8, 4) is 5.88 Å². The van der Waals surface area contributed by atoms with Gasteiger partial charge in [0.15, 0.2) is 5.82 Å². The number of rotatable bonds is 4. The van der Waals surface area contributed by atoms with Crippen molar-refractivity contribution in [2.24, 2.45) is 5.14 Å². The van der Waals surface area contributed by atoms with E-state index >= 15 is 0 Å². The molecule has 1 aromatic rings. The summed E-state index contributed by atoms with van der Waals surface area (Å²) in [7, 11) is -3.50. The lowest BCUT2D eigenvalue weighted by atomic mass is 10.4. The van der Waals surface area contributed by atoms with Gasteiger partial charge in [0.25, 0.3) is 5.88 Å².